The number of amides is 1. The lowest BCUT2D eigenvalue weighted by atomic mass is 10.1. The fraction of sp³-hybridized carbons (Fsp3) is 0.333. The van der Waals surface area contributed by atoms with Crippen LogP contribution in [0.15, 0.2) is 46.0 Å². The van der Waals surface area contributed by atoms with E-state index in [4.69, 9.17) is 5.41 Å². The van der Waals surface area contributed by atoms with E-state index in [0.717, 1.165) is 53.4 Å². The van der Waals surface area contributed by atoms with E-state index in [9.17, 15) is 4.79 Å². The maximum absolute atomic E-state index is 12.7. The number of aryl methyl sites for hydroxylation is 2. The van der Waals surface area contributed by atoms with Crippen LogP contribution in [-0.4, -0.2) is 31.5 Å². The third-order valence-corrected chi connectivity index (χ3v) is 6.49. The summed E-state index contributed by atoms with van der Waals surface area (Å²) in [6.45, 7) is 8.32. The molecule has 3 heterocycles. The fourth-order valence-corrected chi connectivity index (χ4v) is 4.84. The van der Waals surface area contributed by atoms with Crippen LogP contribution in [0.1, 0.15) is 55.1 Å². The van der Waals surface area contributed by atoms with Gasteiger partial charge in [-0.15, -0.1) is 0 Å². The summed E-state index contributed by atoms with van der Waals surface area (Å²) >= 11 is 1.40. The van der Waals surface area contributed by atoms with Crippen molar-refractivity contribution < 1.29 is 4.79 Å². The summed E-state index contributed by atoms with van der Waals surface area (Å²) in [5.74, 6) is -0.289. The van der Waals surface area contributed by atoms with Crippen molar-refractivity contribution in [2.24, 2.45) is 10.1 Å². The van der Waals surface area contributed by atoms with Crippen molar-refractivity contribution >= 4 is 39.8 Å². The lowest BCUT2D eigenvalue weighted by molar-refractivity contribution is -0.114. The van der Waals surface area contributed by atoms with Gasteiger partial charge in [0, 0.05) is 17.1 Å². The van der Waals surface area contributed by atoms with Crippen LogP contribution in [0.4, 0.5) is 0 Å². The number of benzene rings is 1. The highest BCUT2D eigenvalue weighted by molar-refractivity contribution is 8.26. The second-order valence-electron chi connectivity index (χ2n) is 7.97. The minimum atomic E-state index is -0.380. The number of hydrazone groups is 1. The Hall–Kier alpha value is -2.93. The molecule has 7 heteroatoms. The molecule has 0 fully saturated rings. The number of nitrogens with one attached hydrogen (secondary N) is 1. The van der Waals surface area contributed by atoms with E-state index in [1.807, 2.05) is 26.0 Å². The molecule has 0 radical (unpaired) electrons. The molecule has 0 atom stereocenters. The van der Waals surface area contributed by atoms with Crippen LogP contribution in [0.25, 0.3) is 11.8 Å². The number of aromatic nitrogens is 1. The van der Waals surface area contributed by atoms with Gasteiger partial charge in [0.2, 0.25) is 5.17 Å². The molecule has 4 rings (SSSR count). The van der Waals surface area contributed by atoms with Crippen LogP contribution >= 0.6 is 11.8 Å². The minimum absolute atomic E-state index is 0.0911. The van der Waals surface area contributed by atoms with E-state index >= 15 is 0 Å². The van der Waals surface area contributed by atoms with Gasteiger partial charge in [0.15, 0.2) is 5.84 Å². The summed E-state index contributed by atoms with van der Waals surface area (Å²) in [6.07, 6.45) is 5.97. The molecule has 0 spiro atoms. The number of unbranched alkanes of at least 4 members (excludes halogenated alkanes) is 2. The summed E-state index contributed by atoms with van der Waals surface area (Å²) in [7, 11) is 0. The Morgan fingerprint density at radius 1 is 1.16 bits per heavy atom. The lowest BCUT2D eigenvalue weighted by Crippen LogP contribution is -2.35. The first-order valence-electron chi connectivity index (χ1n) is 10.6. The molecule has 0 saturated carbocycles. The molecule has 160 valence electrons. The zero-order valence-corrected chi connectivity index (χ0v) is 19.2. The van der Waals surface area contributed by atoms with Gasteiger partial charge in [-0.1, -0.05) is 31.9 Å². The number of fused-ring (bicyclic) bond motifs is 1. The number of rotatable bonds is 6. The van der Waals surface area contributed by atoms with Crippen molar-refractivity contribution in [2.45, 2.75) is 53.4 Å². The standard InChI is InChI=1S/C24H27N5OS/c1-5-6-7-11-21-27-29-22(25)20(23(30)26-24(29)31-21)14-18-13-16(3)28(17(18)4)19-10-8-9-15(2)12-19/h8-10,12-14,25H,5-7,11H2,1-4H3. The maximum atomic E-state index is 12.7. The van der Waals surface area contributed by atoms with Crippen molar-refractivity contribution in [3.05, 3.63) is 58.4 Å². The Balaban J connectivity index is 1.65. The minimum Gasteiger partial charge on any atom is -0.318 e. The predicted octanol–water partition coefficient (Wildman–Crippen LogP) is 5.60. The fourth-order valence-electron chi connectivity index (χ4n) is 3.91. The Kier molecular flexibility index (Phi) is 5.96. The van der Waals surface area contributed by atoms with Crippen LogP contribution in [0, 0.1) is 26.2 Å². The Bertz CT molecular complexity index is 1150. The number of nitrogens with zero attached hydrogens (tertiary/aromatic N) is 4. The highest BCUT2D eigenvalue weighted by atomic mass is 32.2. The average molecular weight is 434 g/mol. The number of carbonyl (C=O) groups excluding carboxylic acids is 1. The van der Waals surface area contributed by atoms with E-state index < -0.39 is 0 Å². The second-order valence-corrected chi connectivity index (χ2v) is 9.01. The number of aliphatic imine (C=N–C) groups is 1. The van der Waals surface area contributed by atoms with Gasteiger partial charge in [-0.25, -0.2) is 0 Å². The molecule has 0 aliphatic carbocycles. The first-order valence-corrected chi connectivity index (χ1v) is 11.5. The van der Waals surface area contributed by atoms with E-state index in [2.05, 4.69) is 46.7 Å². The topological polar surface area (TPSA) is 73.8 Å². The molecule has 1 aromatic carbocycles. The van der Waals surface area contributed by atoms with Gasteiger partial charge < -0.3 is 4.57 Å². The molecule has 1 N–H and O–H groups in total. The second kappa shape index (κ2) is 8.67. The van der Waals surface area contributed by atoms with E-state index in [-0.39, 0.29) is 17.3 Å². The third-order valence-electron chi connectivity index (χ3n) is 5.52. The van der Waals surface area contributed by atoms with Crippen molar-refractivity contribution in [2.75, 3.05) is 0 Å². The molecule has 6 nitrogen and oxygen atoms in total. The van der Waals surface area contributed by atoms with Crippen molar-refractivity contribution in [1.29, 1.82) is 5.41 Å². The molecular formula is C24H27N5OS. The van der Waals surface area contributed by atoms with Gasteiger partial charge in [0.1, 0.15) is 5.04 Å². The molecule has 2 aliphatic rings. The van der Waals surface area contributed by atoms with Crippen LogP contribution in [-0.2, 0) is 4.79 Å². The Morgan fingerprint density at radius 3 is 2.71 bits per heavy atom. The van der Waals surface area contributed by atoms with E-state index in [1.54, 1.807) is 6.08 Å². The summed E-state index contributed by atoms with van der Waals surface area (Å²) in [5.41, 5.74) is 5.54. The van der Waals surface area contributed by atoms with Crippen LogP contribution in [0.3, 0.4) is 0 Å². The van der Waals surface area contributed by atoms with Crippen molar-refractivity contribution in [3.8, 4) is 5.69 Å². The van der Waals surface area contributed by atoms with Crippen LogP contribution in [0.2, 0.25) is 0 Å². The Morgan fingerprint density at radius 2 is 1.97 bits per heavy atom. The molecule has 0 bridgehead atoms. The van der Waals surface area contributed by atoms with E-state index in [1.165, 1.54) is 22.3 Å². The summed E-state index contributed by atoms with van der Waals surface area (Å²) in [4.78, 5) is 17.0. The van der Waals surface area contributed by atoms with Gasteiger partial charge in [-0.2, -0.15) is 15.1 Å². The lowest BCUT2D eigenvalue weighted by Gasteiger charge is -2.20. The molecule has 1 amide bonds. The van der Waals surface area contributed by atoms with Gasteiger partial charge in [0.25, 0.3) is 5.91 Å². The predicted molar refractivity (Wildman–Crippen MR) is 129 cm³/mol. The van der Waals surface area contributed by atoms with Crippen molar-refractivity contribution in [1.82, 2.24) is 9.58 Å². The first-order chi connectivity index (χ1) is 14.9. The van der Waals surface area contributed by atoms with Gasteiger partial charge in [-0.05, 0) is 80.8 Å². The molecule has 1 aromatic heterocycles. The number of hydrogen-bond donors (Lipinski definition) is 1. The first kappa shape index (κ1) is 21.3. The average Bonchev–Trinajstić information content (AvgIpc) is 3.25. The van der Waals surface area contributed by atoms with Gasteiger partial charge in [-0.3, -0.25) is 10.2 Å². The Labute approximate surface area is 187 Å². The van der Waals surface area contributed by atoms with E-state index in [0.29, 0.717) is 5.17 Å². The summed E-state index contributed by atoms with van der Waals surface area (Å²) in [6, 6.07) is 10.4. The molecule has 0 unspecified atom stereocenters. The molecule has 2 aromatic rings. The smallest absolute Gasteiger partial charge is 0.283 e. The number of amidine groups is 2. The van der Waals surface area contributed by atoms with Crippen LogP contribution < -0.4 is 0 Å². The summed E-state index contributed by atoms with van der Waals surface area (Å²) < 4.78 is 2.17. The molecule has 2 aliphatic heterocycles. The monoisotopic (exact) mass is 433 g/mol. The number of carbonyl (C=O) groups is 1. The molecule has 0 saturated heterocycles. The maximum Gasteiger partial charge on any atom is 0.283 e. The highest BCUT2D eigenvalue weighted by Crippen LogP contribution is 2.31. The zero-order valence-electron chi connectivity index (χ0n) is 18.4. The van der Waals surface area contributed by atoms with Crippen molar-refractivity contribution in [3.63, 3.8) is 0 Å². The number of thioether (sulfide) groups is 1. The normalized spacial score (nSPS) is 17.3. The third kappa shape index (κ3) is 4.14. The zero-order chi connectivity index (χ0) is 22.1. The highest BCUT2D eigenvalue weighted by Gasteiger charge is 2.35. The largest absolute Gasteiger partial charge is 0.318 e. The number of hydrogen-bond acceptors (Lipinski definition) is 4. The van der Waals surface area contributed by atoms with Gasteiger partial charge >= 0.3 is 0 Å². The molecule has 31 heavy (non-hydrogen) atoms. The molecular weight excluding hydrogens is 406 g/mol. The van der Waals surface area contributed by atoms with Crippen LogP contribution in [0.5, 0.6) is 0 Å². The quantitative estimate of drug-likeness (QED) is 0.476. The van der Waals surface area contributed by atoms with Gasteiger partial charge in [0.05, 0.1) is 5.57 Å². The summed E-state index contributed by atoms with van der Waals surface area (Å²) in [5, 5.41) is 16.1. The SMILES string of the molecule is CCCCCC1=NN2C(=N)C(=Cc3cc(C)n(-c4cccc(C)c4)c3C)C(=O)N=C2S1.